The van der Waals surface area contributed by atoms with Crippen LogP contribution in [0.5, 0.6) is 0 Å². The predicted octanol–water partition coefficient (Wildman–Crippen LogP) is 4.27. The van der Waals surface area contributed by atoms with Crippen LogP contribution in [0.3, 0.4) is 0 Å². The van der Waals surface area contributed by atoms with Gasteiger partial charge in [-0.25, -0.2) is 9.78 Å². The van der Waals surface area contributed by atoms with Crippen molar-refractivity contribution < 1.29 is 19.1 Å². The molecule has 2 heterocycles. The zero-order chi connectivity index (χ0) is 25.4. The Morgan fingerprint density at radius 1 is 0.943 bits per heavy atom. The van der Waals surface area contributed by atoms with E-state index in [4.69, 9.17) is 4.74 Å². The summed E-state index contributed by atoms with van der Waals surface area (Å²) < 4.78 is 5.14. The monoisotopic (exact) mass is 495 g/mol. The third-order valence-electron chi connectivity index (χ3n) is 4.63. The van der Waals surface area contributed by atoms with Crippen molar-refractivity contribution in [3.05, 3.63) is 64.7 Å². The Bertz CT molecular complexity index is 1170. The van der Waals surface area contributed by atoms with Gasteiger partial charge in [-0.1, -0.05) is 13.0 Å². The van der Waals surface area contributed by atoms with E-state index in [-0.39, 0.29) is 24.9 Å². The number of pyridine rings is 1. The third-order valence-corrected chi connectivity index (χ3v) is 5.75. The number of ether oxygens (including phenoxy) is 1. The molecule has 1 aromatic carbocycles. The number of carbonyl (C=O) groups excluding carboxylic acids is 3. The van der Waals surface area contributed by atoms with Gasteiger partial charge in [-0.2, -0.15) is 0 Å². The first kappa shape index (κ1) is 25.8. The number of benzene rings is 1. The van der Waals surface area contributed by atoms with Gasteiger partial charge in [0.1, 0.15) is 11.3 Å². The summed E-state index contributed by atoms with van der Waals surface area (Å²) in [6.45, 7) is 7.83. The van der Waals surface area contributed by atoms with Crippen LogP contribution < -0.4 is 16.0 Å². The van der Waals surface area contributed by atoms with Gasteiger partial charge in [-0.3, -0.25) is 19.9 Å². The maximum atomic E-state index is 12.7. The molecule has 0 saturated carbocycles. The summed E-state index contributed by atoms with van der Waals surface area (Å²) in [5, 5.41) is 8.61. The van der Waals surface area contributed by atoms with Crippen LogP contribution in [0.15, 0.2) is 48.7 Å². The number of rotatable bonds is 8. The number of carbonyl (C=O) groups is 3. The number of hydrogen-bond acceptors (Lipinski definition) is 7. The van der Waals surface area contributed by atoms with E-state index in [2.05, 4.69) is 25.9 Å². The largest absolute Gasteiger partial charge is 0.444 e. The lowest BCUT2D eigenvalue weighted by atomic mass is 10.1. The molecule has 184 valence electrons. The quantitative estimate of drug-likeness (QED) is 0.401. The van der Waals surface area contributed by atoms with Gasteiger partial charge in [-0.15, -0.1) is 11.3 Å². The molecule has 3 aromatic rings. The first-order chi connectivity index (χ1) is 16.7. The standard InChI is InChI=1S/C25H29N5O4S/c1-5-19-20(18-8-6-7-13-26-18)29-23(35-19)30-22(32)17-11-9-16(10-12-17)21(31)27-14-15-28-24(33)34-25(2,3)4/h6-13H,5,14-15H2,1-4H3,(H,27,31)(H,28,33)(H,29,30,32). The van der Waals surface area contributed by atoms with Crippen molar-refractivity contribution in [3.63, 3.8) is 0 Å². The fourth-order valence-electron chi connectivity index (χ4n) is 3.05. The summed E-state index contributed by atoms with van der Waals surface area (Å²) >= 11 is 1.42. The smallest absolute Gasteiger partial charge is 0.407 e. The van der Waals surface area contributed by atoms with Crippen LogP contribution in [-0.4, -0.2) is 46.6 Å². The minimum Gasteiger partial charge on any atom is -0.444 e. The number of aryl methyl sites for hydroxylation is 1. The summed E-state index contributed by atoms with van der Waals surface area (Å²) in [6.07, 6.45) is 1.94. The van der Waals surface area contributed by atoms with Gasteiger partial charge in [0.2, 0.25) is 0 Å². The van der Waals surface area contributed by atoms with Gasteiger partial charge in [0.05, 0.1) is 5.69 Å². The SMILES string of the molecule is CCc1sc(NC(=O)c2ccc(C(=O)NCCNC(=O)OC(C)(C)C)cc2)nc1-c1ccccn1. The van der Waals surface area contributed by atoms with Crippen molar-refractivity contribution in [2.75, 3.05) is 18.4 Å². The molecule has 0 aliphatic heterocycles. The zero-order valence-corrected chi connectivity index (χ0v) is 21.0. The Balaban J connectivity index is 1.53. The predicted molar refractivity (Wildman–Crippen MR) is 136 cm³/mol. The lowest BCUT2D eigenvalue weighted by Gasteiger charge is -2.19. The van der Waals surface area contributed by atoms with Crippen molar-refractivity contribution in [1.29, 1.82) is 0 Å². The average Bonchev–Trinajstić information content (AvgIpc) is 3.24. The molecule has 0 atom stereocenters. The number of alkyl carbamates (subject to hydrolysis) is 1. The van der Waals surface area contributed by atoms with Crippen molar-refractivity contribution in [2.24, 2.45) is 0 Å². The first-order valence-electron chi connectivity index (χ1n) is 11.2. The van der Waals surface area contributed by atoms with Crippen LogP contribution in [0.4, 0.5) is 9.93 Å². The van der Waals surface area contributed by atoms with Crippen molar-refractivity contribution in [2.45, 2.75) is 39.7 Å². The number of thiazole rings is 1. The molecular formula is C25H29N5O4S. The van der Waals surface area contributed by atoms with Gasteiger partial charge in [-0.05, 0) is 63.6 Å². The normalized spacial score (nSPS) is 11.0. The molecule has 0 bridgehead atoms. The average molecular weight is 496 g/mol. The molecule has 3 amide bonds. The molecular weight excluding hydrogens is 466 g/mol. The number of aromatic nitrogens is 2. The molecule has 0 aliphatic rings. The minimum absolute atomic E-state index is 0.231. The van der Waals surface area contributed by atoms with Crippen LogP contribution in [0.1, 0.15) is 53.3 Å². The van der Waals surface area contributed by atoms with E-state index >= 15 is 0 Å². The van der Waals surface area contributed by atoms with E-state index in [1.165, 1.54) is 11.3 Å². The summed E-state index contributed by atoms with van der Waals surface area (Å²) in [4.78, 5) is 46.6. The van der Waals surface area contributed by atoms with E-state index in [9.17, 15) is 14.4 Å². The maximum Gasteiger partial charge on any atom is 0.407 e. The van der Waals surface area contributed by atoms with E-state index in [1.54, 1.807) is 51.2 Å². The van der Waals surface area contributed by atoms with Crippen LogP contribution >= 0.6 is 11.3 Å². The molecule has 9 nitrogen and oxygen atoms in total. The van der Waals surface area contributed by atoms with Gasteiger partial charge in [0, 0.05) is 35.3 Å². The lowest BCUT2D eigenvalue weighted by molar-refractivity contribution is 0.0526. The van der Waals surface area contributed by atoms with Gasteiger partial charge >= 0.3 is 6.09 Å². The number of nitrogens with zero attached hydrogens (tertiary/aromatic N) is 2. The van der Waals surface area contributed by atoms with Gasteiger partial charge in [0.15, 0.2) is 5.13 Å². The second-order valence-electron chi connectivity index (χ2n) is 8.58. The van der Waals surface area contributed by atoms with Crippen molar-refractivity contribution in [1.82, 2.24) is 20.6 Å². The van der Waals surface area contributed by atoms with E-state index in [0.29, 0.717) is 16.3 Å². The highest BCUT2D eigenvalue weighted by Crippen LogP contribution is 2.30. The Morgan fingerprint density at radius 2 is 1.60 bits per heavy atom. The number of amides is 3. The Morgan fingerprint density at radius 3 is 2.20 bits per heavy atom. The van der Waals surface area contributed by atoms with E-state index < -0.39 is 11.7 Å². The highest BCUT2D eigenvalue weighted by Gasteiger charge is 2.17. The lowest BCUT2D eigenvalue weighted by Crippen LogP contribution is -2.37. The molecule has 2 aromatic heterocycles. The third kappa shape index (κ3) is 7.61. The summed E-state index contributed by atoms with van der Waals surface area (Å²) in [5.41, 5.74) is 1.75. The Hall–Kier alpha value is -3.79. The highest BCUT2D eigenvalue weighted by molar-refractivity contribution is 7.16. The summed E-state index contributed by atoms with van der Waals surface area (Å²) in [5.74, 6) is -0.627. The molecule has 0 unspecified atom stereocenters. The van der Waals surface area contributed by atoms with Crippen LogP contribution in [0, 0.1) is 0 Å². The van der Waals surface area contributed by atoms with Crippen LogP contribution in [0.25, 0.3) is 11.4 Å². The summed E-state index contributed by atoms with van der Waals surface area (Å²) in [7, 11) is 0. The molecule has 3 rings (SSSR count). The highest BCUT2D eigenvalue weighted by atomic mass is 32.1. The number of nitrogens with one attached hydrogen (secondary N) is 3. The second-order valence-corrected chi connectivity index (χ2v) is 9.66. The van der Waals surface area contributed by atoms with Crippen molar-refractivity contribution in [3.8, 4) is 11.4 Å². The minimum atomic E-state index is -0.583. The van der Waals surface area contributed by atoms with Crippen molar-refractivity contribution >= 4 is 34.4 Å². The summed E-state index contributed by atoms with van der Waals surface area (Å²) in [6, 6.07) is 11.9. The first-order valence-corrected chi connectivity index (χ1v) is 12.1. The van der Waals surface area contributed by atoms with E-state index in [0.717, 1.165) is 22.7 Å². The van der Waals surface area contributed by atoms with Gasteiger partial charge < -0.3 is 15.4 Å². The molecule has 0 aliphatic carbocycles. The molecule has 0 saturated heterocycles. The fourth-order valence-corrected chi connectivity index (χ4v) is 3.95. The topological polar surface area (TPSA) is 122 Å². The molecule has 35 heavy (non-hydrogen) atoms. The second kappa shape index (κ2) is 11.6. The number of anilines is 1. The van der Waals surface area contributed by atoms with Gasteiger partial charge in [0.25, 0.3) is 11.8 Å². The van der Waals surface area contributed by atoms with E-state index in [1.807, 2.05) is 25.1 Å². The number of hydrogen-bond donors (Lipinski definition) is 3. The Kier molecular flexibility index (Phi) is 8.53. The maximum absolute atomic E-state index is 12.7. The molecule has 0 fully saturated rings. The Labute approximate surface area is 208 Å². The zero-order valence-electron chi connectivity index (χ0n) is 20.2. The molecule has 10 heteroatoms. The molecule has 0 radical (unpaired) electrons. The molecule has 3 N–H and O–H groups in total. The molecule has 0 spiro atoms. The van der Waals surface area contributed by atoms with Crippen LogP contribution in [0.2, 0.25) is 0 Å². The fraction of sp³-hybridized carbons (Fsp3) is 0.320. The van der Waals surface area contributed by atoms with Crippen LogP contribution in [-0.2, 0) is 11.2 Å².